The van der Waals surface area contributed by atoms with E-state index < -0.39 is 42.7 Å². The first-order chi connectivity index (χ1) is 13.8. The molecule has 2 fully saturated rings. The Hall–Kier alpha value is -1.85. The normalized spacial score (nSPS) is 28.9. The van der Waals surface area contributed by atoms with E-state index in [-0.39, 0.29) is 37.3 Å². The predicted molar refractivity (Wildman–Crippen MR) is 92.5 cm³/mol. The summed E-state index contributed by atoms with van der Waals surface area (Å²) in [5, 5.41) is 19.3. The quantitative estimate of drug-likeness (QED) is 0.702. The van der Waals surface area contributed by atoms with E-state index in [2.05, 4.69) is 0 Å². The number of hydrogen-bond donors (Lipinski definition) is 2. The molecule has 1 heterocycles. The number of benzene rings is 1. The third-order valence-corrected chi connectivity index (χ3v) is 5.74. The molecule has 1 spiro atoms. The molecule has 30 heavy (non-hydrogen) atoms. The lowest BCUT2D eigenvalue weighted by atomic mass is 9.70. The van der Waals surface area contributed by atoms with Gasteiger partial charge in [-0.05, 0) is 43.4 Å². The largest absolute Gasteiger partial charge is 0.418 e. The maximum Gasteiger partial charge on any atom is 0.418 e. The number of amides is 1. The lowest BCUT2D eigenvalue weighted by Crippen LogP contribution is -2.46. The minimum Gasteiger partial charge on any atom is -0.390 e. The number of aliphatic hydroxyl groups is 2. The van der Waals surface area contributed by atoms with Crippen LogP contribution in [0.1, 0.15) is 37.4 Å². The molecule has 1 aliphatic heterocycles. The molecule has 4 unspecified atom stereocenters. The predicted octanol–water partition coefficient (Wildman–Crippen LogP) is 3.50. The van der Waals surface area contributed by atoms with Crippen LogP contribution in [0.2, 0.25) is 0 Å². The Labute approximate surface area is 168 Å². The van der Waals surface area contributed by atoms with E-state index in [0.29, 0.717) is 12.1 Å². The Bertz CT molecular complexity index is 766. The van der Waals surface area contributed by atoms with Crippen LogP contribution in [0, 0.1) is 5.41 Å². The number of alkyl halides is 6. The van der Waals surface area contributed by atoms with Crippen molar-refractivity contribution in [2.75, 3.05) is 18.1 Å². The SMILES string of the molecule is O=C1N(c2ccc(C(O)C(F)(F)F)cc2)CCC12CCC(O)C(OCC(F)(F)F)C2. The van der Waals surface area contributed by atoms with Gasteiger partial charge in [-0.3, -0.25) is 4.79 Å². The van der Waals surface area contributed by atoms with Gasteiger partial charge in [0.1, 0.15) is 6.61 Å². The van der Waals surface area contributed by atoms with Gasteiger partial charge in [-0.15, -0.1) is 0 Å². The highest BCUT2D eigenvalue weighted by Crippen LogP contribution is 2.47. The number of aliphatic hydroxyl groups excluding tert-OH is 2. The van der Waals surface area contributed by atoms with Crippen LogP contribution < -0.4 is 4.90 Å². The molecule has 1 amide bonds. The van der Waals surface area contributed by atoms with Crippen molar-refractivity contribution in [3.63, 3.8) is 0 Å². The van der Waals surface area contributed by atoms with E-state index in [9.17, 15) is 41.4 Å². The van der Waals surface area contributed by atoms with E-state index in [1.54, 1.807) is 0 Å². The van der Waals surface area contributed by atoms with Crippen LogP contribution in [-0.4, -0.2) is 53.8 Å². The summed E-state index contributed by atoms with van der Waals surface area (Å²) in [6.45, 7) is -1.28. The van der Waals surface area contributed by atoms with Crippen molar-refractivity contribution in [3.05, 3.63) is 29.8 Å². The Kier molecular flexibility index (Phi) is 6.09. The zero-order chi connectivity index (χ0) is 22.3. The smallest absolute Gasteiger partial charge is 0.390 e. The summed E-state index contributed by atoms with van der Waals surface area (Å²) in [6, 6.07) is 4.73. The van der Waals surface area contributed by atoms with Crippen LogP contribution >= 0.6 is 0 Å². The van der Waals surface area contributed by atoms with Crippen molar-refractivity contribution in [3.8, 4) is 0 Å². The Morgan fingerprint density at radius 3 is 2.33 bits per heavy atom. The molecule has 5 nitrogen and oxygen atoms in total. The molecule has 4 atom stereocenters. The van der Waals surface area contributed by atoms with E-state index in [1.807, 2.05) is 0 Å². The zero-order valence-corrected chi connectivity index (χ0v) is 15.7. The van der Waals surface area contributed by atoms with Crippen LogP contribution in [0.3, 0.4) is 0 Å². The van der Waals surface area contributed by atoms with Crippen molar-refractivity contribution < 1.29 is 46.1 Å². The molecule has 0 radical (unpaired) electrons. The molecule has 11 heteroatoms. The summed E-state index contributed by atoms with van der Waals surface area (Å²) in [6.07, 6.45) is -13.6. The second-order valence-electron chi connectivity index (χ2n) is 7.80. The van der Waals surface area contributed by atoms with Crippen molar-refractivity contribution in [1.29, 1.82) is 0 Å². The van der Waals surface area contributed by atoms with Gasteiger partial charge >= 0.3 is 12.4 Å². The van der Waals surface area contributed by atoms with Crippen molar-refractivity contribution >= 4 is 11.6 Å². The van der Waals surface area contributed by atoms with Crippen LogP contribution in [-0.2, 0) is 9.53 Å². The van der Waals surface area contributed by atoms with Crippen molar-refractivity contribution in [2.24, 2.45) is 5.41 Å². The van der Waals surface area contributed by atoms with Crippen LogP contribution in [0.5, 0.6) is 0 Å². The molecule has 2 aliphatic rings. The van der Waals surface area contributed by atoms with Gasteiger partial charge < -0.3 is 19.8 Å². The third kappa shape index (κ3) is 4.73. The van der Waals surface area contributed by atoms with Gasteiger partial charge in [-0.25, -0.2) is 0 Å². The highest BCUT2D eigenvalue weighted by molar-refractivity contribution is 6.00. The molecule has 1 aliphatic carbocycles. The van der Waals surface area contributed by atoms with E-state index in [1.165, 1.54) is 17.0 Å². The fourth-order valence-electron chi connectivity index (χ4n) is 4.12. The van der Waals surface area contributed by atoms with Crippen LogP contribution in [0.4, 0.5) is 32.0 Å². The average Bonchev–Trinajstić information content (AvgIpc) is 2.97. The summed E-state index contributed by atoms with van der Waals surface area (Å²) in [7, 11) is 0. The van der Waals surface area contributed by atoms with E-state index in [4.69, 9.17) is 4.74 Å². The molecule has 168 valence electrons. The van der Waals surface area contributed by atoms with Gasteiger partial charge in [0.2, 0.25) is 5.91 Å². The summed E-state index contributed by atoms with van der Waals surface area (Å²) in [4.78, 5) is 14.4. The van der Waals surface area contributed by atoms with Crippen molar-refractivity contribution in [1.82, 2.24) is 0 Å². The summed E-state index contributed by atoms with van der Waals surface area (Å²) in [5.41, 5.74) is -1.03. The van der Waals surface area contributed by atoms with Gasteiger partial charge in [0.05, 0.1) is 17.6 Å². The third-order valence-electron chi connectivity index (χ3n) is 5.74. The Balaban J connectivity index is 1.72. The number of hydrogen-bond acceptors (Lipinski definition) is 4. The molecule has 0 aromatic heterocycles. The maximum atomic E-state index is 13.1. The van der Waals surface area contributed by atoms with Crippen molar-refractivity contribution in [2.45, 2.75) is 56.3 Å². The Morgan fingerprint density at radius 1 is 1.13 bits per heavy atom. The first-order valence-electron chi connectivity index (χ1n) is 9.35. The number of halogens is 6. The molecule has 1 saturated carbocycles. The van der Waals surface area contributed by atoms with Crippen LogP contribution in [0.15, 0.2) is 24.3 Å². The van der Waals surface area contributed by atoms with Gasteiger partial charge in [0.15, 0.2) is 6.10 Å². The second-order valence-corrected chi connectivity index (χ2v) is 7.80. The molecule has 2 N–H and O–H groups in total. The highest BCUT2D eigenvalue weighted by Gasteiger charge is 2.52. The lowest BCUT2D eigenvalue weighted by molar-refractivity contribution is -0.206. The molecule has 1 saturated heterocycles. The molecule has 3 rings (SSSR count). The van der Waals surface area contributed by atoms with Gasteiger partial charge in [-0.2, -0.15) is 26.3 Å². The molecular formula is C19H21F6NO4. The second kappa shape index (κ2) is 8.01. The summed E-state index contributed by atoms with van der Waals surface area (Å²) in [5.74, 6) is -0.362. The number of nitrogens with zero attached hydrogens (tertiary/aromatic N) is 1. The lowest BCUT2D eigenvalue weighted by Gasteiger charge is -2.39. The van der Waals surface area contributed by atoms with E-state index >= 15 is 0 Å². The van der Waals surface area contributed by atoms with Gasteiger partial charge in [-0.1, -0.05) is 12.1 Å². The van der Waals surface area contributed by atoms with E-state index in [0.717, 1.165) is 12.1 Å². The number of ether oxygens (including phenoxy) is 1. The fourth-order valence-corrected chi connectivity index (χ4v) is 4.12. The minimum absolute atomic E-state index is 0.0650. The summed E-state index contributed by atoms with van der Waals surface area (Å²) < 4.78 is 80.1. The molecule has 0 bridgehead atoms. The number of anilines is 1. The number of carbonyl (C=O) groups excluding carboxylic acids is 1. The standard InChI is InChI=1S/C19H21F6NO4/c20-18(21,22)10-30-14-9-17(6-5-13(14)27)7-8-26(16(17)29)12-3-1-11(2-4-12)15(28)19(23,24)25/h1-4,13-15,27-28H,5-10H2. The number of rotatable bonds is 4. The monoisotopic (exact) mass is 441 g/mol. The van der Waals surface area contributed by atoms with Gasteiger partial charge in [0, 0.05) is 12.2 Å². The van der Waals surface area contributed by atoms with Gasteiger partial charge in [0.25, 0.3) is 0 Å². The molecule has 1 aromatic carbocycles. The molecular weight excluding hydrogens is 420 g/mol. The fraction of sp³-hybridized carbons (Fsp3) is 0.632. The molecule has 1 aromatic rings. The highest BCUT2D eigenvalue weighted by atomic mass is 19.4. The maximum absolute atomic E-state index is 13.1. The first-order valence-corrected chi connectivity index (χ1v) is 9.35. The Morgan fingerprint density at radius 2 is 1.77 bits per heavy atom. The average molecular weight is 441 g/mol. The topological polar surface area (TPSA) is 70.0 Å². The minimum atomic E-state index is -4.82. The summed E-state index contributed by atoms with van der Waals surface area (Å²) >= 11 is 0. The number of carbonyl (C=O) groups is 1. The van der Waals surface area contributed by atoms with Crippen LogP contribution in [0.25, 0.3) is 0 Å². The zero-order valence-electron chi connectivity index (χ0n) is 15.7. The first kappa shape index (κ1) is 22.8.